The Labute approximate surface area is 220 Å². The lowest BCUT2D eigenvalue weighted by Gasteiger charge is -2.26. The maximum atomic E-state index is 13.6. The van der Waals surface area contributed by atoms with Crippen LogP contribution in [0, 0.1) is 16.7 Å². The molecule has 1 fully saturated rings. The first-order valence-electron chi connectivity index (χ1n) is 10.6. The number of carbonyl (C=O) groups is 1. The Bertz CT molecular complexity index is 1380. The molecule has 1 saturated heterocycles. The molecule has 16 heteroatoms. The number of carbonyl (C=O) groups excluding carboxylic acids is 1. The van der Waals surface area contributed by atoms with Crippen molar-refractivity contribution >= 4 is 36.9 Å². The molecule has 0 saturated carbocycles. The van der Waals surface area contributed by atoms with Gasteiger partial charge in [-0.05, 0) is 26.0 Å². The highest BCUT2D eigenvalue weighted by Gasteiger charge is 2.55. The van der Waals surface area contributed by atoms with Gasteiger partial charge in [0.2, 0.25) is 0 Å². The summed E-state index contributed by atoms with van der Waals surface area (Å²) in [4.78, 5) is 37.7. The summed E-state index contributed by atoms with van der Waals surface area (Å²) in [6, 6.07) is 5.86. The van der Waals surface area contributed by atoms with E-state index in [2.05, 4.69) is 9.82 Å². The Balaban J connectivity index is 1.87. The molecular formula is C21H23Cl2N4O9P. The monoisotopic (exact) mass is 576 g/mol. The van der Waals surface area contributed by atoms with Gasteiger partial charge < -0.3 is 19.1 Å². The summed E-state index contributed by atoms with van der Waals surface area (Å²) in [5.41, 5.74) is -3.20. The van der Waals surface area contributed by atoms with Crippen LogP contribution in [0.15, 0.2) is 40.1 Å². The molecule has 2 aromatic rings. The molecule has 3 N–H and O–H groups in total. The fourth-order valence-corrected chi connectivity index (χ4v) is 5.31. The van der Waals surface area contributed by atoms with Crippen molar-refractivity contribution in [2.45, 2.75) is 38.3 Å². The number of aliphatic hydroxyl groups is 1. The molecule has 0 radical (unpaired) electrons. The number of aromatic amines is 1. The Morgan fingerprint density at radius 2 is 2.08 bits per heavy atom. The van der Waals surface area contributed by atoms with Crippen molar-refractivity contribution in [1.29, 1.82) is 5.26 Å². The van der Waals surface area contributed by atoms with Gasteiger partial charge in [-0.15, -0.1) is 0 Å². The molecule has 200 valence electrons. The Morgan fingerprint density at radius 3 is 2.68 bits per heavy atom. The molecule has 1 aromatic heterocycles. The van der Waals surface area contributed by atoms with Crippen LogP contribution >= 0.6 is 30.9 Å². The third-order valence-electron chi connectivity index (χ3n) is 5.56. The lowest BCUT2D eigenvalue weighted by Crippen LogP contribution is -2.41. The summed E-state index contributed by atoms with van der Waals surface area (Å²) in [5, 5.41) is 23.4. The number of benzene rings is 1. The van der Waals surface area contributed by atoms with E-state index in [4.69, 9.17) is 37.0 Å². The van der Waals surface area contributed by atoms with E-state index in [1.807, 2.05) is 11.1 Å². The molecule has 2 heterocycles. The third-order valence-corrected chi connectivity index (χ3v) is 7.94. The van der Waals surface area contributed by atoms with Gasteiger partial charge in [0, 0.05) is 18.3 Å². The van der Waals surface area contributed by atoms with Gasteiger partial charge in [-0.25, -0.2) is 9.36 Å². The average molecular weight is 577 g/mol. The average Bonchev–Trinajstić information content (AvgIpc) is 3.10. The summed E-state index contributed by atoms with van der Waals surface area (Å²) in [6.45, 7) is 2.10. The van der Waals surface area contributed by atoms with E-state index in [1.165, 1.54) is 32.0 Å². The van der Waals surface area contributed by atoms with Crippen LogP contribution in [0.5, 0.6) is 5.75 Å². The fraction of sp³-hybridized carbons (Fsp3) is 0.429. The summed E-state index contributed by atoms with van der Waals surface area (Å²) >= 11 is 11.9. The first-order valence-corrected chi connectivity index (χ1v) is 12.9. The largest absolute Gasteiger partial charge is 0.468 e. The molecule has 1 unspecified atom stereocenters. The van der Waals surface area contributed by atoms with E-state index < -0.39 is 61.5 Å². The molecule has 6 atom stereocenters. The van der Waals surface area contributed by atoms with Crippen LogP contribution in [-0.4, -0.2) is 52.6 Å². The van der Waals surface area contributed by atoms with Crippen LogP contribution in [0.3, 0.4) is 0 Å². The number of nitrogens with zero attached hydrogens (tertiary/aromatic N) is 2. The highest BCUT2D eigenvalue weighted by Crippen LogP contribution is 2.49. The molecule has 37 heavy (non-hydrogen) atoms. The van der Waals surface area contributed by atoms with Crippen molar-refractivity contribution in [2.75, 3.05) is 13.7 Å². The maximum Gasteiger partial charge on any atom is 0.459 e. The summed E-state index contributed by atoms with van der Waals surface area (Å²) in [6.07, 6.45) is -3.02. The van der Waals surface area contributed by atoms with E-state index in [0.29, 0.717) is 0 Å². The SMILES string of the molecule is COC(=O)[C@H](C)NP(=O)(OC[C@H]1O[C@@H](n2ccc(=O)[nH]c2=O)[C@](C)(C#N)[C@@H]1O)Oc1ccc(Cl)c(Cl)c1. The number of esters is 1. The van der Waals surface area contributed by atoms with Crippen LogP contribution in [0.2, 0.25) is 10.0 Å². The molecular weight excluding hydrogens is 554 g/mol. The van der Waals surface area contributed by atoms with E-state index in [-0.39, 0.29) is 15.8 Å². The zero-order valence-electron chi connectivity index (χ0n) is 19.7. The van der Waals surface area contributed by atoms with Crippen molar-refractivity contribution in [3.05, 3.63) is 61.3 Å². The Kier molecular flexibility index (Phi) is 8.87. The lowest BCUT2D eigenvalue weighted by atomic mass is 9.84. The molecule has 1 aromatic carbocycles. The summed E-state index contributed by atoms with van der Waals surface area (Å²) in [7, 11) is -3.24. The highest BCUT2D eigenvalue weighted by atomic mass is 35.5. The number of halogens is 2. The summed E-state index contributed by atoms with van der Waals surface area (Å²) < 4.78 is 35.9. The van der Waals surface area contributed by atoms with Crippen molar-refractivity contribution in [2.24, 2.45) is 5.41 Å². The number of aromatic nitrogens is 2. The molecule has 0 aliphatic carbocycles. The van der Waals surface area contributed by atoms with Crippen molar-refractivity contribution in [3.8, 4) is 11.8 Å². The summed E-state index contributed by atoms with van der Waals surface area (Å²) in [5.74, 6) is -0.789. The minimum absolute atomic E-state index is 0.0188. The number of rotatable bonds is 9. The molecule has 13 nitrogen and oxygen atoms in total. The van der Waals surface area contributed by atoms with E-state index in [9.17, 15) is 29.3 Å². The number of H-pyrrole nitrogens is 1. The van der Waals surface area contributed by atoms with Gasteiger partial charge in [0.05, 0.1) is 29.8 Å². The van der Waals surface area contributed by atoms with E-state index in [0.717, 1.165) is 23.9 Å². The first kappa shape index (κ1) is 28.9. The first-order chi connectivity index (χ1) is 17.3. The second kappa shape index (κ2) is 11.4. The number of hydrogen-bond acceptors (Lipinski definition) is 10. The normalized spacial score (nSPS) is 25.6. The Morgan fingerprint density at radius 1 is 1.38 bits per heavy atom. The molecule has 1 aliphatic rings. The maximum absolute atomic E-state index is 13.6. The second-order valence-electron chi connectivity index (χ2n) is 8.22. The van der Waals surface area contributed by atoms with Crippen LogP contribution in [0.25, 0.3) is 0 Å². The highest BCUT2D eigenvalue weighted by molar-refractivity contribution is 7.52. The van der Waals surface area contributed by atoms with Gasteiger partial charge in [-0.2, -0.15) is 10.3 Å². The fourth-order valence-electron chi connectivity index (χ4n) is 3.53. The standard InChI is InChI=1S/C21H23Cl2N4O9P/c1-11(18(30)33-3)26-37(32,36-12-4-5-13(22)14(23)8-12)34-9-15-17(29)21(2,10-24)19(35-15)27-7-6-16(28)25-20(27)31/h4-8,11,15,17,19,29H,9H2,1-3H3,(H,26,32)(H,25,28,31)/t11-,15+,17+,19+,21+,37?/m0/s1. The molecule has 0 amide bonds. The van der Waals surface area contributed by atoms with Crippen LogP contribution in [0.4, 0.5) is 0 Å². The minimum Gasteiger partial charge on any atom is -0.468 e. The number of nitrogens with one attached hydrogen (secondary N) is 2. The molecule has 0 bridgehead atoms. The van der Waals surface area contributed by atoms with Crippen LogP contribution < -0.4 is 20.9 Å². The van der Waals surface area contributed by atoms with Gasteiger partial charge in [0.15, 0.2) is 6.23 Å². The van der Waals surface area contributed by atoms with Crippen LogP contribution in [-0.2, 0) is 23.4 Å². The van der Waals surface area contributed by atoms with E-state index in [1.54, 1.807) is 0 Å². The van der Waals surface area contributed by atoms with Crippen molar-refractivity contribution in [1.82, 2.24) is 14.6 Å². The van der Waals surface area contributed by atoms with Gasteiger partial charge in [-0.1, -0.05) is 23.2 Å². The number of nitriles is 1. The molecule has 3 rings (SSSR count). The number of hydrogen-bond donors (Lipinski definition) is 3. The smallest absolute Gasteiger partial charge is 0.459 e. The number of aliphatic hydroxyl groups excluding tert-OH is 1. The molecule has 1 aliphatic heterocycles. The zero-order valence-corrected chi connectivity index (χ0v) is 22.1. The van der Waals surface area contributed by atoms with Gasteiger partial charge in [0.1, 0.15) is 29.4 Å². The van der Waals surface area contributed by atoms with Gasteiger partial charge >= 0.3 is 19.4 Å². The predicted molar refractivity (Wildman–Crippen MR) is 130 cm³/mol. The van der Waals surface area contributed by atoms with Crippen molar-refractivity contribution < 1.29 is 33.0 Å². The second-order valence-corrected chi connectivity index (χ2v) is 10.7. The predicted octanol–water partition coefficient (Wildman–Crippen LogP) is 1.99. The quantitative estimate of drug-likeness (QED) is 0.293. The van der Waals surface area contributed by atoms with Crippen LogP contribution in [0.1, 0.15) is 20.1 Å². The van der Waals surface area contributed by atoms with E-state index >= 15 is 0 Å². The lowest BCUT2D eigenvalue weighted by molar-refractivity contribution is -0.142. The third kappa shape index (κ3) is 6.25. The minimum atomic E-state index is -4.38. The zero-order chi connectivity index (χ0) is 27.5. The topological polar surface area (TPSA) is 182 Å². The molecule has 0 spiro atoms. The van der Waals surface area contributed by atoms with Crippen molar-refractivity contribution in [3.63, 3.8) is 0 Å². The van der Waals surface area contributed by atoms with Gasteiger partial charge in [0.25, 0.3) is 5.56 Å². The van der Waals surface area contributed by atoms with Gasteiger partial charge in [-0.3, -0.25) is 23.7 Å². The number of methoxy groups -OCH3 is 1. The Hall–Kier alpha value is -2.69. The number of ether oxygens (including phenoxy) is 2.